The Labute approximate surface area is 145 Å². The van der Waals surface area contributed by atoms with Gasteiger partial charge >= 0.3 is 5.69 Å². The predicted molar refractivity (Wildman–Crippen MR) is 94.6 cm³/mol. The van der Waals surface area contributed by atoms with Gasteiger partial charge in [0.2, 0.25) is 0 Å². The Morgan fingerprint density at radius 1 is 1.12 bits per heavy atom. The lowest BCUT2D eigenvalue weighted by Crippen LogP contribution is -2.44. The number of imidazole rings is 1. The number of nitrogens with zero attached hydrogens (tertiary/aromatic N) is 4. The first-order chi connectivity index (χ1) is 12.0. The van der Waals surface area contributed by atoms with E-state index in [0.29, 0.717) is 42.6 Å². The average molecular weight is 346 g/mol. The van der Waals surface area contributed by atoms with Gasteiger partial charge in [0.15, 0.2) is 11.2 Å². The van der Waals surface area contributed by atoms with Gasteiger partial charge in [0.25, 0.3) is 5.56 Å². The maximum Gasteiger partial charge on any atom is 0.332 e. The molecule has 2 fully saturated rings. The number of rotatable bonds is 6. The van der Waals surface area contributed by atoms with Gasteiger partial charge in [-0.2, -0.15) is 0 Å². The number of aliphatic hydroxyl groups excluding tert-OH is 1. The van der Waals surface area contributed by atoms with Crippen molar-refractivity contribution in [2.75, 3.05) is 0 Å². The second kappa shape index (κ2) is 6.44. The molecule has 7 nitrogen and oxygen atoms in total. The van der Waals surface area contributed by atoms with Gasteiger partial charge in [-0.3, -0.25) is 13.9 Å². The largest absolute Gasteiger partial charge is 0.392 e. The Kier molecular flexibility index (Phi) is 4.27. The second-order valence-electron chi connectivity index (χ2n) is 7.82. The highest BCUT2D eigenvalue weighted by atomic mass is 16.3. The normalized spacial score (nSPS) is 19.8. The summed E-state index contributed by atoms with van der Waals surface area (Å²) in [4.78, 5) is 30.4. The summed E-state index contributed by atoms with van der Waals surface area (Å²) in [7, 11) is 0. The third kappa shape index (κ3) is 2.94. The molecular formula is C18H26N4O3. The standard InChI is InChI=1S/C18H26N4O3/c1-12(23)8-20-11-19-16-15(20)17(24)22(10-14-6-3-7-14)18(25)21(16)9-13-4-2-5-13/h11-14,23H,2-10H2,1H3. The SMILES string of the molecule is CC(O)Cn1cnc2c1c(=O)n(CC1CCC1)c(=O)n2CC1CCC1. The number of fused-ring (bicyclic) bond motifs is 1. The maximum absolute atomic E-state index is 13.0. The molecule has 0 aliphatic heterocycles. The van der Waals surface area contributed by atoms with Crippen LogP contribution in [-0.4, -0.2) is 29.9 Å². The molecule has 0 aromatic carbocycles. The predicted octanol–water partition coefficient (Wildman–Crippen LogP) is 1.34. The van der Waals surface area contributed by atoms with Crippen molar-refractivity contribution in [2.24, 2.45) is 11.8 Å². The van der Waals surface area contributed by atoms with Crippen LogP contribution in [0.4, 0.5) is 0 Å². The average Bonchev–Trinajstić information content (AvgIpc) is 2.86. The third-order valence-electron chi connectivity index (χ3n) is 5.78. The fourth-order valence-electron chi connectivity index (χ4n) is 3.85. The van der Waals surface area contributed by atoms with E-state index in [1.54, 1.807) is 22.4 Å². The van der Waals surface area contributed by atoms with Crippen LogP contribution >= 0.6 is 0 Å². The van der Waals surface area contributed by atoms with Gasteiger partial charge in [-0.05, 0) is 44.4 Å². The minimum Gasteiger partial charge on any atom is -0.392 e. The summed E-state index contributed by atoms with van der Waals surface area (Å²) in [5, 5.41) is 9.73. The monoisotopic (exact) mass is 346 g/mol. The van der Waals surface area contributed by atoms with Crippen molar-refractivity contribution < 1.29 is 5.11 Å². The number of hydrogen-bond acceptors (Lipinski definition) is 4. The molecule has 2 saturated carbocycles. The van der Waals surface area contributed by atoms with Crippen LogP contribution < -0.4 is 11.2 Å². The van der Waals surface area contributed by atoms with E-state index >= 15 is 0 Å². The molecule has 0 spiro atoms. The number of aromatic nitrogens is 4. The maximum atomic E-state index is 13.0. The molecule has 4 rings (SSSR count). The Morgan fingerprint density at radius 3 is 2.24 bits per heavy atom. The molecular weight excluding hydrogens is 320 g/mol. The molecule has 1 atom stereocenters. The van der Waals surface area contributed by atoms with Crippen LogP contribution in [0, 0.1) is 11.8 Å². The Bertz CT molecular complexity index is 884. The van der Waals surface area contributed by atoms with Crippen LogP contribution in [0.2, 0.25) is 0 Å². The van der Waals surface area contributed by atoms with Crippen LogP contribution in [0.1, 0.15) is 45.4 Å². The summed E-state index contributed by atoms with van der Waals surface area (Å²) in [6.07, 6.45) is 7.80. The summed E-state index contributed by atoms with van der Waals surface area (Å²) in [6.45, 7) is 3.12. The lowest BCUT2D eigenvalue weighted by atomic mass is 9.85. The molecule has 0 saturated heterocycles. The first-order valence-electron chi connectivity index (χ1n) is 9.41. The highest BCUT2D eigenvalue weighted by Gasteiger charge is 2.26. The van der Waals surface area contributed by atoms with Crippen molar-refractivity contribution >= 4 is 11.2 Å². The van der Waals surface area contributed by atoms with Gasteiger partial charge < -0.3 is 9.67 Å². The number of hydrogen-bond donors (Lipinski definition) is 1. The van der Waals surface area contributed by atoms with E-state index in [-0.39, 0.29) is 11.2 Å². The highest BCUT2D eigenvalue weighted by molar-refractivity contribution is 5.70. The first-order valence-corrected chi connectivity index (χ1v) is 9.41. The highest BCUT2D eigenvalue weighted by Crippen LogP contribution is 2.29. The lowest BCUT2D eigenvalue weighted by Gasteiger charge is -2.28. The van der Waals surface area contributed by atoms with Crippen LogP contribution in [-0.2, 0) is 19.6 Å². The first kappa shape index (κ1) is 16.6. The summed E-state index contributed by atoms with van der Waals surface area (Å²) >= 11 is 0. The molecule has 2 aromatic rings. The molecule has 0 bridgehead atoms. The molecule has 0 amide bonds. The van der Waals surface area contributed by atoms with Gasteiger partial charge in [0.05, 0.1) is 19.0 Å². The van der Waals surface area contributed by atoms with Crippen molar-refractivity contribution in [1.29, 1.82) is 0 Å². The van der Waals surface area contributed by atoms with Crippen molar-refractivity contribution in [2.45, 2.75) is 71.2 Å². The van der Waals surface area contributed by atoms with Gasteiger partial charge in [-0.15, -0.1) is 0 Å². The smallest absolute Gasteiger partial charge is 0.332 e. The van der Waals surface area contributed by atoms with E-state index in [0.717, 1.165) is 25.7 Å². The van der Waals surface area contributed by atoms with E-state index < -0.39 is 6.10 Å². The van der Waals surface area contributed by atoms with Gasteiger partial charge in [-0.25, -0.2) is 9.78 Å². The minimum atomic E-state index is -0.580. The fourth-order valence-corrected chi connectivity index (χ4v) is 3.85. The molecule has 1 N–H and O–H groups in total. The van der Waals surface area contributed by atoms with E-state index in [9.17, 15) is 14.7 Å². The van der Waals surface area contributed by atoms with E-state index in [1.165, 1.54) is 17.4 Å². The molecule has 25 heavy (non-hydrogen) atoms. The summed E-state index contributed by atoms with van der Waals surface area (Å²) in [6, 6.07) is 0. The topological polar surface area (TPSA) is 82.1 Å². The van der Waals surface area contributed by atoms with Crippen molar-refractivity contribution in [3.63, 3.8) is 0 Å². The Morgan fingerprint density at radius 2 is 1.72 bits per heavy atom. The van der Waals surface area contributed by atoms with Crippen molar-refractivity contribution in [3.05, 3.63) is 27.2 Å². The lowest BCUT2D eigenvalue weighted by molar-refractivity contribution is 0.175. The minimum absolute atomic E-state index is 0.224. The molecule has 7 heteroatoms. The van der Waals surface area contributed by atoms with E-state index in [4.69, 9.17) is 0 Å². The van der Waals surface area contributed by atoms with Crippen molar-refractivity contribution in [1.82, 2.24) is 18.7 Å². The zero-order chi connectivity index (χ0) is 17.6. The Balaban J connectivity index is 1.86. The third-order valence-corrected chi connectivity index (χ3v) is 5.78. The molecule has 0 radical (unpaired) electrons. The molecule has 2 aliphatic rings. The quantitative estimate of drug-likeness (QED) is 0.856. The van der Waals surface area contributed by atoms with Crippen LogP contribution in [0.3, 0.4) is 0 Å². The van der Waals surface area contributed by atoms with E-state index in [1.807, 2.05) is 0 Å². The van der Waals surface area contributed by atoms with Crippen LogP contribution in [0.15, 0.2) is 15.9 Å². The van der Waals surface area contributed by atoms with Gasteiger partial charge in [0.1, 0.15) is 0 Å². The summed E-state index contributed by atoms with van der Waals surface area (Å²) in [5.41, 5.74) is 0.417. The van der Waals surface area contributed by atoms with Crippen LogP contribution in [0.5, 0.6) is 0 Å². The molecule has 136 valence electrons. The summed E-state index contributed by atoms with van der Waals surface area (Å²) < 4.78 is 4.79. The Hall–Kier alpha value is -1.89. The van der Waals surface area contributed by atoms with Gasteiger partial charge in [-0.1, -0.05) is 12.8 Å². The fraction of sp³-hybridized carbons (Fsp3) is 0.722. The van der Waals surface area contributed by atoms with E-state index in [2.05, 4.69) is 4.98 Å². The molecule has 2 heterocycles. The zero-order valence-electron chi connectivity index (χ0n) is 14.7. The molecule has 2 aliphatic carbocycles. The second-order valence-corrected chi connectivity index (χ2v) is 7.82. The van der Waals surface area contributed by atoms with Crippen LogP contribution in [0.25, 0.3) is 11.2 Å². The molecule has 1 unspecified atom stereocenters. The molecule has 2 aromatic heterocycles. The van der Waals surface area contributed by atoms with Crippen molar-refractivity contribution in [3.8, 4) is 0 Å². The number of aliphatic hydroxyl groups is 1. The summed E-state index contributed by atoms with van der Waals surface area (Å²) in [5.74, 6) is 0.922. The zero-order valence-corrected chi connectivity index (χ0v) is 14.7. The van der Waals surface area contributed by atoms with Gasteiger partial charge in [0, 0.05) is 13.1 Å².